The lowest BCUT2D eigenvalue weighted by atomic mass is 9.99. The van der Waals surface area contributed by atoms with Gasteiger partial charge < -0.3 is 45.1 Å². The highest BCUT2D eigenvalue weighted by atomic mass is 16.7. The maximum Gasteiger partial charge on any atom is 0.305 e. The van der Waals surface area contributed by atoms with Crippen molar-refractivity contribution in [1.82, 2.24) is 5.32 Å². The van der Waals surface area contributed by atoms with Gasteiger partial charge in [-0.3, -0.25) is 9.59 Å². The number of nitrogens with one attached hydrogen (secondary N) is 1. The summed E-state index contributed by atoms with van der Waals surface area (Å²) in [6, 6.07) is -0.856. The van der Waals surface area contributed by atoms with Gasteiger partial charge in [0, 0.05) is 12.8 Å². The molecule has 6 N–H and O–H groups in total. The van der Waals surface area contributed by atoms with Crippen LogP contribution in [0.15, 0.2) is 60.8 Å². The maximum absolute atomic E-state index is 12.9. The van der Waals surface area contributed by atoms with E-state index in [1.165, 1.54) is 44.9 Å². The molecule has 1 fully saturated rings. The molecular weight excluding hydrogens is 775 g/mol. The summed E-state index contributed by atoms with van der Waals surface area (Å²) in [6.45, 7) is 4.06. The van der Waals surface area contributed by atoms with Gasteiger partial charge in [-0.2, -0.15) is 0 Å². The number of hydrogen-bond donors (Lipinski definition) is 6. The Balaban J connectivity index is 2.27. The molecule has 0 aliphatic carbocycles. The van der Waals surface area contributed by atoms with E-state index in [0.717, 1.165) is 96.3 Å². The lowest BCUT2D eigenvalue weighted by Gasteiger charge is -2.40. The minimum atomic E-state index is -1.59. The summed E-state index contributed by atoms with van der Waals surface area (Å²) < 4.78 is 16.6. The van der Waals surface area contributed by atoms with E-state index in [-0.39, 0.29) is 24.9 Å². The Morgan fingerprint density at radius 1 is 0.590 bits per heavy atom. The largest absolute Gasteiger partial charge is 0.466 e. The van der Waals surface area contributed by atoms with E-state index in [0.29, 0.717) is 25.9 Å². The lowest BCUT2D eigenvalue weighted by molar-refractivity contribution is -0.302. The molecule has 1 amide bonds. The number of hydrogen-bond acceptors (Lipinski definition) is 10. The molecule has 7 atom stereocenters. The minimum Gasteiger partial charge on any atom is -0.466 e. The number of esters is 1. The van der Waals surface area contributed by atoms with Crippen molar-refractivity contribution < 1.29 is 49.3 Å². The molecule has 1 rings (SSSR count). The van der Waals surface area contributed by atoms with Gasteiger partial charge in [-0.25, -0.2) is 0 Å². The van der Waals surface area contributed by atoms with Crippen LogP contribution in [0.1, 0.15) is 181 Å². The lowest BCUT2D eigenvalue weighted by Crippen LogP contribution is -2.60. The van der Waals surface area contributed by atoms with E-state index >= 15 is 0 Å². The molecule has 1 aliphatic rings. The molecule has 11 heteroatoms. The van der Waals surface area contributed by atoms with Crippen LogP contribution in [-0.4, -0.2) is 100 Å². The number of carbonyl (C=O) groups is 2. The highest BCUT2D eigenvalue weighted by Crippen LogP contribution is 2.22. The number of carbonyl (C=O) groups excluding carboxylic acids is 2. The van der Waals surface area contributed by atoms with Crippen LogP contribution >= 0.6 is 0 Å². The molecule has 7 unspecified atom stereocenters. The monoisotopic (exact) mass is 862 g/mol. The van der Waals surface area contributed by atoms with E-state index in [9.17, 15) is 35.1 Å². The summed E-state index contributed by atoms with van der Waals surface area (Å²) in [5, 5.41) is 54.0. The Labute approximate surface area is 369 Å². The SMILES string of the molecule is CCC/C=C/CC/C=C/CC/C=C/C(O)C(COC1OC(CO)C(O)C(O)C1O)NC(=O)CCCCCCC/C=C\CCCCOC(=O)CCCCCCC/C=C\CCCC. The molecule has 1 saturated heterocycles. The predicted molar refractivity (Wildman–Crippen MR) is 246 cm³/mol. The molecule has 0 spiro atoms. The van der Waals surface area contributed by atoms with Crippen LogP contribution in [0.3, 0.4) is 0 Å². The van der Waals surface area contributed by atoms with Crippen molar-refractivity contribution in [3.63, 3.8) is 0 Å². The van der Waals surface area contributed by atoms with Gasteiger partial charge in [0.05, 0.1) is 32.0 Å². The second-order valence-corrected chi connectivity index (χ2v) is 16.4. The summed E-state index contributed by atoms with van der Waals surface area (Å²) in [7, 11) is 0. The highest BCUT2D eigenvalue weighted by molar-refractivity contribution is 5.76. The third kappa shape index (κ3) is 31.0. The van der Waals surface area contributed by atoms with Crippen molar-refractivity contribution in [1.29, 1.82) is 0 Å². The van der Waals surface area contributed by atoms with Gasteiger partial charge in [-0.15, -0.1) is 0 Å². The third-order valence-corrected chi connectivity index (χ3v) is 10.8. The zero-order chi connectivity index (χ0) is 44.6. The first-order chi connectivity index (χ1) is 29.7. The van der Waals surface area contributed by atoms with Gasteiger partial charge in [0.1, 0.15) is 24.4 Å². The Morgan fingerprint density at radius 2 is 1.10 bits per heavy atom. The summed E-state index contributed by atoms with van der Waals surface area (Å²) >= 11 is 0. The molecule has 1 aliphatic heterocycles. The van der Waals surface area contributed by atoms with Crippen LogP contribution in [0, 0.1) is 0 Å². The maximum atomic E-state index is 12.9. The number of allylic oxidation sites excluding steroid dienone is 9. The molecule has 0 saturated carbocycles. The number of ether oxygens (including phenoxy) is 3. The molecule has 0 bridgehead atoms. The van der Waals surface area contributed by atoms with Gasteiger partial charge in [0.2, 0.25) is 5.91 Å². The molecule has 0 radical (unpaired) electrons. The Hall–Kier alpha value is -2.64. The summed E-state index contributed by atoms with van der Waals surface area (Å²) in [6.07, 6.45) is 38.7. The summed E-state index contributed by atoms with van der Waals surface area (Å²) in [5.41, 5.74) is 0. The third-order valence-electron chi connectivity index (χ3n) is 10.8. The fraction of sp³-hybridized carbons (Fsp3) is 0.760. The van der Waals surface area contributed by atoms with Crippen LogP contribution in [0.2, 0.25) is 0 Å². The van der Waals surface area contributed by atoms with Gasteiger partial charge in [-0.1, -0.05) is 132 Å². The van der Waals surface area contributed by atoms with Crippen molar-refractivity contribution in [2.24, 2.45) is 0 Å². The minimum absolute atomic E-state index is 0.0722. The van der Waals surface area contributed by atoms with Gasteiger partial charge in [0.25, 0.3) is 0 Å². The molecule has 0 aromatic carbocycles. The van der Waals surface area contributed by atoms with Crippen molar-refractivity contribution in [2.75, 3.05) is 19.8 Å². The fourth-order valence-electron chi connectivity index (χ4n) is 6.86. The van der Waals surface area contributed by atoms with E-state index < -0.39 is 49.5 Å². The first kappa shape index (κ1) is 56.4. The van der Waals surface area contributed by atoms with Crippen LogP contribution in [0.25, 0.3) is 0 Å². The average molecular weight is 862 g/mol. The van der Waals surface area contributed by atoms with Crippen LogP contribution < -0.4 is 5.32 Å². The molecule has 1 heterocycles. The molecule has 0 aromatic rings. The van der Waals surface area contributed by atoms with Crippen molar-refractivity contribution in [2.45, 2.75) is 224 Å². The number of amides is 1. The molecular formula is C50H87NO10. The molecule has 61 heavy (non-hydrogen) atoms. The van der Waals surface area contributed by atoms with Crippen molar-refractivity contribution in [3.8, 4) is 0 Å². The van der Waals surface area contributed by atoms with Gasteiger partial charge >= 0.3 is 5.97 Å². The predicted octanol–water partition coefficient (Wildman–Crippen LogP) is 9.16. The summed E-state index contributed by atoms with van der Waals surface area (Å²) in [4.78, 5) is 24.9. The number of unbranched alkanes of at least 4 members (excludes halogenated alkanes) is 17. The van der Waals surface area contributed by atoms with E-state index in [1.807, 2.05) is 6.08 Å². The Bertz CT molecular complexity index is 1200. The quantitative estimate of drug-likeness (QED) is 0.0199. The Kier molecular flexibility index (Phi) is 37.1. The van der Waals surface area contributed by atoms with E-state index in [1.54, 1.807) is 6.08 Å². The van der Waals surface area contributed by atoms with Gasteiger partial charge in [-0.05, 0) is 96.3 Å². The van der Waals surface area contributed by atoms with Crippen LogP contribution in [0.4, 0.5) is 0 Å². The average Bonchev–Trinajstić information content (AvgIpc) is 3.25. The van der Waals surface area contributed by atoms with Crippen LogP contribution in [0.5, 0.6) is 0 Å². The van der Waals surface area contributed by atoms with Crippen LogP contribution in [-0.2, 0) is 23.8 Å². The van der Waals surface area contributed by atoms with Crippen molar-refractivity contribution >= 4 is 11.9 Å². The molecule has 0 aromatic heterocycles. The van der Waals surface area contributed by atoms with E-state index in [4.69, 9.17) is 14.2 Å². The smallest absolute Gasteiger partial charge is 0.305 e. The zero-order valence-electron chi connectivity index (χ0n) is 38.1. The fourth-order valence-corrected chi connectivity index (χ4v) is 6.86. The second-order valence-electron chi connectivity index (χ2n) is 16.4. The van der Waals surface area contributed by atoms with Crippen molar-refractivity contribution in [3.05, 3.63) is 60.8 Å². The number of aliphatic hydroxyl groups excluding tert-OH is 5. The molecule has 352 valence electrons. The number of rotatable bonds is 39. The number of aliphatic hydroxyl groups is 5. The summed E-state index contributed by atoms with van der Waals surface area (Å²) in [5.74, 6) is -0.303. The van der Waals surface area contributed by atoms with Gasteiger partial charge in [0.15, 0.2) is 6.29 Å². The highest BCUT2D eigenvalue weighted by Gasteiger charge is 2.44. The normalized spacial score (nSPS) is 20.8. The standard InChI is InChI=1S/C50H87NO10/c1-3-5-7-9-11-13-16-20-24-28-32-36-43(53)42(41-60-50-49(58)48(57)47(56)44(40-52)61-50)51-45(54)37-33-29-25-21-18-15-19-23-27-31-35-39-59-46(55)38-34-30-26-22-17-14-12-10-8-6-4-2/h7,9-10,12,16,19-20,23,32,36,42-44,47-50,52-53,56-58H,3-6,8,11,13-15,17-18,21-22,24-31,33-35,37-41H2,1-2H3,(H,51,54)/b9-7+,12-10-,20-16+,23-19-,36-32+. The van der Waals surface area contributed by atoms with E-state index in [2.05, 4.69) is 67.8 Å². The topological polar surface area (TPSA) is 175 Å². The first-order valence-electron chi connectivity index (χ1n) is 24.1. The first-order valence-corrected chi connectivity index (χ1v) is 24.1. The molecule has 11 nitrogen and oxygen atoms in total. The Morgan fingerprint density at radius 3 is 1.69 bits per heavy atom. The zero-order valence-corrected chi connectivity index (χ0v) is 38.1. The second kappa shape index (κ2) is 40.2.